The molecule has 0 saturated carbocycles. The number of hydrogen-bond donors (Lipinski definition) is 0. The van der Waals surface area contributed by atoms with Crippen LogP contribution in [0.25, 0.3) is 6.08 Å². The summed E-state index contributed by atoms with van der Waals surface area (Å²) in [7, 11) is 1.57. The highest BCUT2D eigenvalue weighted by atomic mass is 19.1. The molecule has 0 aliphatic heterocycles. The number of ether oxygens (including phenoxy) is 2. The predicted molar refractivity (Wildman–Crippen MR) is 104 cm³/mol. The third-order valence-corrected chi connectivity index (χ3v) is 3.98. The number of allylic oxidation sites excluding steroid dienone is 1. The van der Waals surface area contributed by atoms with Gasteiger partial charge in [-0.05, 0) is 53.6 Å². The number of benzene rings is 3. The molecule has 0 radical (unpaired) electrons. The summed E-state index contributed by atoms with van der Waals surface area (Å²) in [5, 5.41) is 0. The first-order valence-corrected chi connectivity index (χ1v) is 8.48. The van der Waals surface area contributed by atoms with E-state index in [9.17, 15) is 9.18 Å². The summed E-state index contributed by atoms with van der Waals surface area (Å²) in [6, 6.07) is 20.8. The molecule has 0 aromatic heterocycles. The summed E-state index contributed by atoms with van der Waals surface area (Å²) in [6.45, 7) is 0.440. The number of ketones is 1. The maximum Gasteiger partial charge on any atom is 0.185 e. The van der Waals surface area contributed by atoms with Gasteiger partial charge >= 0.3 is 0 Å². The molecule has 0 N–H and O–H groups in total. The second-order valence-electron chi connectivity index (χ2n) is 5.89. The van der Waals surface area contributed by atoms with Crippen molar-refractivity contribution in [2.75, 3.05) is 7.11 Å². The van der Waals surface area contributed by atoms with Crippen LogP contribution in [0, 0.1) is 5.82 Å². The lowest BCUT2D eigenvalue weighted by Crippen LogP contribution is -1.98. The lowest BCUT2D eigenvalue weighted by atomic mass is 10.1. The number of carbonyl (C=O) groups excluding carboxylic acids is 1. The summed E-state index contributed by atoms with van der Waals surface area (Å²) < 4.78 is 24.2. The Labute approximate surface area is 157 Å². The molecule has 3 aromatic carbocycles. The van der Waals surface area contributed by atoms with E-state index in [2.05, 4.69) is 0 Å². The smallest absolute Gasteiger partial charge is 0.185 e. The fraction of sp³-hybridized carbons (Fsp3) is 0.0870. The van der Waals surface area contributed by atoms with Crippen LogP contribution in [-0.4, -0.2) is 12.9 Å². The standard InChI is InChI=1S/C23H19FO3/c1-26-23-15-17(7-13-21(25)19-9-11-20(24)12-10-19)8-14-22(23)27-16-18-5-3-2-4-6-18/h2-15H,16H2,1H3/b13-7+. The quantitative estimate of drug-likeness (QED) is 0.422. The molecular weight excluding hydrogens is 343 g/mol. The highest BCUT2D eigenvalue weighted by molar-refractivity contribution is 6.06. The van der Waals surface area contributed by atoms with Crippen LogP contribution in [-0.2, 0) is 6.61 Å². The van der Waals surface area contributed by atoms with E-state index in [1.54, 1.807) is 19.3 Å². The number of halogens is 1. The van der Waals surface area contributed by atoms with E-state index in [4.69, 9.17) is 9.47 Å². The molecule has 0 heterocycles. The van der Waals surface area contributed by atoms with Crippen molar-refractivity contribution in [1.29, 1.82) is 0 Å². The van der Waals surface area contributed by atoms with Crippen LogP contribution in [0.1, 0.15) is 21.5 Å². The molecule has 27 heavy (non-hydrogen) atoms. The highest BCUT2D eigenvalue weighted by Crippen LogP contribution is 2.29. The van der Waals surface area contributed by atoms with E-state index in [0.29, 0.717) is 23.7 Å². The number of methoxy groups -OCH3 is 1. The molecule has 0 saturated heterocycles. The first-order valence-electron chi connectivity index (χ1n) is 8.48. The molecule has 0 fully saturated rings. The molecule has 3 nitrogen and oxygen atoms in total. The van der Waals surface area contributed by atoms with Crippen molar-refractivity contribution in [3.63, 3.8) is 0 Å². The van der Waals surface area contributed by atoms with Crippen LogP contribution >= 0.6 is 0 Å². The summed E-state index contributed by atoms with van der Waals surface area (Å²) in [5.41, 5.74) is 2.30. The molecule has 0 spiro atoms. The largest absolute Gasteiger partial charge is 0.493 e. The summed E-state index contributed by atoms with van der Waals surface area (Å²) in [5.74, 6) is 0.649. The zero-order valence-electron chi connectivity index (χ0n) is 14.9. The van der Waals surface area contributed by atoms with Crippen LogP contribution < -0.4 is 9.47 Å². The maximum absolute atomic E-state index is 12.9. The van der Waals surface area contributed by atoms with Gasteiger partial charge in [-0.2, -0.15) is 0 Å². The van der Waals surface area contributed by atoms with E-state index >= 15 is 0 Å². The fourth-order valence-electron chi connectivity index (χ4n) is 2.52. The van der Waals surface area contributed by atoms with Crippen molar-refractivity contribution in [2.24, 2.45) is 0 Å². The Kier molecular flexibility index (Phi) is 6.00. The normalized spacial score (nSPS) is 10.7. The molecule has 3 aromatic rings. The molecule has 0 atom stereocenters. The molecule has 0 bridgehead atoms. The summed E-state index contributed by atoms with van der Waals surface area (Å²) >= 11 is 0. The molecule has 0 aliphatic rings. The second kappa shape index (κ2) is 8.81. The Morgan fingerprint density at radius 1 is 0.963 bits per heavy atom. The van der Waals surface area contributed by atoms with E-state index in [1.807, 2.05) is 42.5 Å². The van der Waals surface area contributed by atoms with Gasteiger partial charge in [-0.3, -0.25) is 4.79 Å². The Bertz CT molecular complexity index is 932. The van der Waals surface area contributed by atoms with Crippen molar-refractivity contribution in [1.82, 2.24) is 0 Å². The monoisotopic (exact) mass is 362 g/mol. The molecule has 136 valence electrons. The highest BCUT2D eigenvalue weighted by Gasteiger charge is 2.06. The van der Waals surface area contributed by atoms with Gasteiger partial charge in [0.05, 0.1) is 7.11 Å². The van der Waals surface area contributed by atoms with Crippen LogP contribution in [0.2, 0.25) is 0 Å². The average molecular weight is 362 g/mol. The van der Waals surface area contributed by atoms with E-state index in [0.717, 1.165) is 11.1 Å². The third kappa shape index (κ3) is 5.05. The van der Waals surface area contributed by atoms with Gasteiger partial charge in [0.15, 0.2) is 17.3 Å². The minimum atomic E-state index is -0.369. The van der Waals surface area contributed by atoms with E-state index in [1.165, 1.54) is 30.3 Å². The maximum atomic E-state index is 12.9. The minimum absolute atomic E-state index is 0.196. The van der Waals surface area contributed by atoms with Crippen molar-refractivity contribution >= 4 is 11.9 Å². The van der Waals surface area contributed by atoms with Crippen LogP contribution in [0.5, 0.6) is 11.5 Å². The molecule has 4 heteroatoms. The van der Waals surface area contributed by atoms with Crippen molar-refractivity contribution in [3.8, 4) is 11.5 Å². The first kappa shape index (κ1) is 18.4. The SMILES string of the molecule is COc1cc(/C=C/C(=O)c2ccc(F)cc2)ccc1OCc1ccccc1. The lowest BCUT2D eigenvalue weighted by Gasteiger charge is -2.11. The van der Waals surface area contributed by atoms with Gasteiger partial charge < -0.3 is 9.47 Å². The van der Waals surface area contributed by atoms with Gasteiger partial charge in [0, 0.05) is 5.56 Å². The van der Waals surface area contributed by atoms with Crippen LogP contribution in [0.15, 0.2) is 78.9 Å². The Morgan fingerprint density at radius 2 is 1.70 bits per heavy atom. The van der Waals surface area contributed by atoms with Gasteiger partial charge in [0.1, 0.15) is 12.4 Å². The van der Waals surface area contributed by atoms with Gasteiger partial charge in [-0.15, -0.1) is 0 Å². The second-order valence-corrected chi connectivity index (χ2v) is 5.89. The molecule has 0 unspecified atom stereocenters. The van der Waals surface area contributed by atoms with Gasteiger partial charge in [-0.1, -0.05) is 42.5 Å². The zero-order valence-corrected chi connectivity index (χ0v) is 14.9. The number of carbonyl (C=O) groups is 1. The number of hydrogen-bond acceptors (Lipinski definition) is 3. The van der Waals surface area contributed by atoms with Gasteiger partial charge in [-0.25, -0.2) is 4.39 Å². The van der Waals surface area contributed by atoms with Crippen molar-refractivity contribution in [3.05, 3.63) is 101 Å². The summed E-state index contributed by atoms with van der Waals surface area (Å²) in [4.78, 5) is 12.1. The fourth-order valence-corrected chi connectivity index (χ4v) is 2.52. The Hall–Kier alpha value is -3.40. The van der Waals surface area contributed by atoms with Crippen molar-refractivity contribution < 1.29 is 18.7 Å². The minimum Gasteiger partial charge on any atom is -0.493 e. The van der Waals surface area contributed by atoms with Crippen LogP contribution in [0.3, 0.4) is 0 Å². The Morgan fingerprint density at radius 3 is 2.41 bits per heavy atom. The Balaban J connectivity index is 1.69. The predicted octanol–water partition coefficient (Wildman–Crippen LogP) is 5.31. The lowest BCUT2D eigenvalue weighted by molar-refractivity contribution is 0.104. The molecule has 0 amide bonds. The van der Waals surface area contributed by atoms with Crippen molar-refractivity contribution in [2.45, 2.75) is 6.61 Å². The van der Waals surface area contributed by atoms with E-state index < -0.39 is 0 Å². The third-order valence-electron chi connectivity index (χ3n) is 3.98. The van der Waals surface area contributed by atoms with Crippen LogP contribution in [0.4, 0.5) is 4.39 Å². The first-order chi connectivity index (χ1) is 13.2. The van der Waals surface area contributed by atoms with Gasteiger partial charge in [0.2, 0.25) is 0 Å². The molecule has 3 rings (SSSR count). The zero-order chi connectivity index (χ0) is 19.1. The van der Waals surface area contributed by atoms with E-state index in [-0.39, 0.29) is 11.6 Å². The van der Waals surface area contributed by atoms with Gasteiger partial charge in [0.25, 0.3) is 0 Å². The summed E-state index contributed by atoms with van der Waals surface area (Å²) in [6.07, 6.45) is 3.14. The average Bonchev–Trinajstić information content (AvgIpc) is 2.72. The number of rotatable bonds is 7. The molecular formula is C23H19FO3. The molecule has 0 aliphatic carbocycles. The topological polar surface area (TPSA) is 35.5 Å².